The molecule has 0 heterocycles. The fourth-order valence-corrected chi connectivity index (χ4v) is 3.08. The van der Waals surface area contributed by atoms with Gasteiger partial charge >= 0.3 is 0 Å². The normalized spacial score (nSPS) is 11.0. The number of rotatable bonds is 4. The number of anilines is 2. The Hall–Kier alpha value is -1.58. The average Bonchev–Trinajstić information content (AvgIpc) is 2.50. The second-order valence-corrected chi connectivity index (χ2v) is 7.50. The molecule has 0 saturated heterocycles. The molecule has 2 nitrogen and oxygen atoms in total. The summed E-state index contributed by atoms with van der Waals surface area (Å²) in [5.41, 5.74) is 5.68. The second kappa shape index (κ2) is 8.00. The lowest BCUT2D eigenvalue weighted by Gasteiger charge is -2.22. The summed E-state index contributed by atoms with van der Waals surface area (Å²) in [6.45, 7) is 10.8. The fourth-order valence-electron chi connectivity index (χ4n) is 2.69. The summed E-state index contributed by atoms with van der Waals surface area (Å²) in [6, 6.07) is 12.2. The van der Waals surface area contributed by atoms with Crippen molar-refractivity contribution in [2.75, 3.05) is 10.6 Å². The number of thiocarbonyl (C=S) groups is 1. The SMILES string of the molecule is Cc1ccc(Cl)cc1NC(=S)Nc1c(C(C)C)cccc1C(C)C. The molecule has 0 aliphatic heterocycles. The van der Waals surface area contributed by atoms with Gasteiger partial charge in [-0.15, -0.1) is 0 Å². The molecule has 2 aromatic carbocycles. The Labute approximate surface area is 155 Å². The van der Waals surface area contributed by atoms with Crippen LogP contribution in [0.3, 0.4) is 0 Å². The highest BCUT2D eigenvalue weighted by Gasteiger charge is 2.15. The van der Waals surface area contributed by atoms with E-state index >= 15 is 0 Å². The number of hydrogen-bond donors (Lipinski definition) is 2. The van der Waals surface area contributed by atoms with Gasteiger partial charge in [0, 0.05) is 16.4 Å². The van der Waals surface area contributed by atoms with Crippen LogP contribution in [-0.4, -0.2) is 5.11 Å². The molecule has 0 aromatic heterocycles. The standard InChI is InChI=1S/C20H25ClN2S/c1-12(2)16-7-6-8-17(13(3)4)19(16)23-20(24)22-18-11-15(21)10-9-14(18)5/h6-13H,1-5H3,(H2,22,23,24). The predicted octanol–water partition coefficient (Wildman–Crippen LogP) is 6.70. The van der Waals surface area contributed by atoms with Crippen molar-refractivity contribution in [1.82, 2.24) is 0 Å². The zero-order valence-electron chi connectivity index (χ0n) is 14.9. The molecular weight excluding hydrogens is 336 g/mol. The van der Waals surface area contributed by atoms with Gasteiger partial charge in [-0.25, -0.2) is 0 Å². The Morgan fingerprint density at radius 1 is 0.958 bits per heavy atom. The van der Waals surface area contributed by atoms with Crippen LogP contribution in [0.1, 0.15) is 56.2 Å². The van der Waals surface area contributed by atoms with Crippen LogP contribution in [0.2, 0.25) is 5.02 Å². The molecular formula is C20H25ClN2S. The van der Waals surface area contributed by atoms with Gasteiger partial charge in [0.25, 0.3) is 0 Å². The fraction of sp³-hybridized carbons (Fsp3) is 0.350. The lowest BCUT2D eigenvalue weighted by molar-refractivity contribution is 0.839. The van der Waals surface area contributed by atoms with E-state index in [-0.39, 0.29) is 0 Å². The molecule has 2 N–H and O–H groups in total. The summed E-state index contributed by atoms with van der Waals surface area (Å²) >= 11 is 11.6. The van der Waals surface area contributed by atoms with Crippen molar-refractivity contribution in [3.8, 4) is 0 Å². The summed E-state index contributed by atoms with van der Waals surface area (Å²) < 4.78 is 0. The van der Waals surface area contributed by atoms with E-state index in [1.165, 1.54) is 11.1 Å². The van der Waals surface area contributed by atoms with Crippen molar-refractivity contribution >= 4 is 40.3 Å². The molecule has 2 aromatic rings. The zero-order valence-corrected chi connectivity index (χ0v) is 16.5. The number of nitrogens with one attached hydrogen (secondary N) is 2. The van der Waals surface area contributed by atoms with Crippen LogP contribution in [0.25, 0.3) is 0 Å². The highest BCUT2D eigenvalue weighted by Crippen LogP contribution is 2.32. The van der Waals surface area contributed by atoms with E-state index in [0.717, 1.165) is 16.9 Å². The molecule has 0 spiro atoms. The van der Waals surface area contributed by atoms with E-state index in [2.05, 4.69) is 56.5 Å². The Bertz CT molecular complexity index is 712. The Morgan fingerprint density at radius 2 is 1.54 bits per heavy atom. The molecule has 2 rings (SSSR count). The molecule has 24 heavy (non-hydrogen) atoms. The third-order valence-corrected chi connectivity index (χ3v) is 4.50. The molecule has 0 radical (unpaired) electrons. The maximum absolute atomic E-state index is 6.09. The van der Waals surface area contributed by atoms with Crippen LogP contribution in [0.5, 0.6) is 0 Å². The molecule has 0 unspecified atom stereocenters. The minimum atomic E-state index is 0.418. The second-order valence-electron chi connectivity index (χ2n) is 6.66. The Balaban J connectivity index is 2.29. The topological polar surface area (TPSA) is 24.1 Å². The predicted molar refractivity (Wildman–Crippen MR) is 111 cm³/mol. The van der Waals surface area contributed by atoms with Crippen LogP contribution in [0.15, 0.2) is 36.4 Å². The maximum Gasteiger partial charge on any atom is 0.175 e. The van der Waals surface area contributed by atoms with E-state index < -0.39 is 0 Å². The van der Waals surface area contributed by atoms with Gasteiger partial charge in [0.1, 0.15) is 0 Å². The first-order valence-electron chi connectivity index (χ1n) is 8.26. The number of benzene rings is 2. The largest absolute Gasteiger partial charge is 0.332 e. The van der Waals surface area contributed by atoms with Gasteiger partial charge in [0.05, 0.1) is 0 Å². The molecule has 0 fully saturated rings. The Kier molecular flexibility index (Phi) is 6.25. The van der Waals surface area contributed by atoms with Crippen LogP contribution < -0.4 is 10.6 Å². The van der Waals surface area contributed by atoms with Crippen LogP contribution in [-0.2, 0) is 0 Å². The van der Waals surface area contributed by atoms with Crippen molar-refractivity contribution in [2.24, 2.45) is 0 Å². The van der Waals surface area contributed by atoms with E-state index in [1.54, 1.807) is 0 Å². The maximum atomic E-state index is 6.09. The first-order chi connectivity index (χ1) is 11.3. The number of para-hydroxylation sites is 1. The molecule has 0 atom stereocenters. The highest BCUT2D eigenvalue weighted by molar-refractivity contribution is 7.80. The smallest absolute Gasteiger partial charge is 0.175 e. The number of hydrogen-bond acceptors (Lipinski definition) is 1. The summed E-state index contributed by atoms with van der Waals surface area (Å²) in [5.74, 6) is 0.837. The molecule has 0 saturated carbocycles. The zero-order chi connectivity index (χ0) is 17.9. The van der Waals surface area contributed by atoms with Gasteiger partial charge in [0.15, 0.2) is 5.11 Å². The molecule has 128 valence electrons. The van der Waals surface area contributed by atoms with E-state index in [9.17, 15) is 0 Å². The minimum Gasteiger partial charge on any atom is -0.332 e. The minimum absolute atomic E-state index is 0.418. The molecule has 0 aliphatic rings. The van der Waals surface area contributed by atoms with Crippen molar-refractivity contribution in [1.29, 1.82) is 0 Å². The third-order valence-electron chi connectivity index (χ3n) is 4.06. The van der Waals surface area contributed by atoms with Gasteiger partial charge in [-0.1, -0.05) is 63.6 Å². The van der Waals surface area contributed by atoms with Gasteiger partial charge < -0.3 is 10.6 Å². The summed E-state index contributed by atoms with van der Waals surface area (Å²) in [7, 11) is 0. The average molecular weight is 361 g/mol. The van der Waals surface area contributed by atoms with Gasteiger partial charge in [-0.05, 0) is 59.8 Å². The molecule has 4 heteroatoms. The first-order valence-corrected chi connectivity index (χ1v) is 9.05. The third kappa shape index (κ3) is 4.49. The molecule has 0 aliphatic carbocycles. The highest BCUT2D eigenvalue weighted by atomic mass is 35.5. The first kappa shape index (κ1) is 18.8. The number of halogens is 1. The quantitative estimate of drug-likeness (QED) is 0.593. The van der Waals surface area contributed by atoms with Crippen LogP contribution in [0, 0.1) is 6.92 Å². The van der Waals surface area contributed by atoms with Crippen LogP contribution >= 0.6 is 23.8 Å². The van der Waals surface area contributed by atoms with Crippen molar-refractivity contribution in [3.63, 3.8) is 0 Å². The number of aryl methyl sites for hydroxylation is 1. The Morgan fingerprint density at radius 3 is 2.08 bits per heavy atom. The summed E-state index contributed by atoms with van der Waals surface area (Å²) in [6.07, 6.45) is 0. The van der Waals surface area contributed by atoms with Gasteiger partial charge in [-0.2, -0.15) is 0 Å². The van der Waals surface area contributed by atoms with Crippen molar-refractivity contribution in [3.05, 3.63) is 58.1 Å². The van der Waals surface area contributed by atoms with E-state index in [1.807, 2.05) is 25.1 Å². The summed E-state index contributed by atoms with van der Waals surface area (Å²) in [5, 5.41) is 7.95. The van der Waals surface area contributed by atoms with E-state index in [0.29, 0.717) is 22.0 Å². The van der Waals surface area contributed by atoms with Crippen molar-refractivity contribution < 1.29 is 0 Å². The van der Waals surface area contributed by atoms with Crippen molar-refractivity contribution in [2.45, 2.75) is 46.5 Å². The summed E-state index contributed by atoms with van der Waals surface area (Å²) in [4.78, 5) is 0. The molecule has 0 bridgehead atoms. The van der Waals surface area contributed by atoms with Gasteiger partial charge in [-0.3, -0.25) is 0 Å². The van der Waals surface area contributed by atoms with Crippen LogP contribution in [0.4, 0.5) is 11.4 Å². The van der Waals surface area contributed by atoms with Gasteiger partial charge in [0.2, 0.25) is 0 Å². The lowest BCUT2D eigenvalue weighted by Crippen LogP contribution is -2.22. The lowest BCUT2D eigenvalue weighted by atomic mass is 9.93. The molecule has 0 amide bonds. The monoisotopic (exact) mass is 360 g/mol. The van der Waals surface area contributed by atoms with E-state index in [4.69, 9.17) is 23.8 Å².